The Bertz CT molecular complexity index is 536. The van der Waals surface area contributed by atoms with Crippen molar-refractivity contribution in [2.75, 3.05) is 0 Å². The highest BCUT2D eigenvalue weighted by atomic mass is 35.5. The van der Waals surface area contributed by atoms with E-state index in [0.717, 1.165) is 23.4 Å². The molecular formula is C14H15Cl2NS. The van der Waals surface area contributed by atoms with Gasteiger partial charge in [-0.15, -0.1) is 11.3 Å². The minimum Gasteiger partial charge on any atom is -0.246 e. The number of benzene rings is 1. The van der Waals surface area contributed by atoms with Gasteiger partial charge in [-0.2, -0.15) is 0 Å². The fourth-order valence-corrected chi connectivity index (χ4v) is 2.94. The van der Waals surface area contributed by atoms with Crippen LogP contribution in [0.1, 0.15) is 42.5 Å². The van der Waals surface area contributed by atoms with Crippen molar-refractivity contribution in [3.05, 3.63) is 49.9 Å². The summed E-state index contributed by atoms with van der Waals surface area (Å²) in [7, 11) is 0. The SMILES string of the molecule is CCC(C)c1csc(Cc2ccc(Cl)c(Cl)c2)n1. The number of rotatable bonds is 4. The molecule has 1 aromatic heterocycles. The highest BCUT2D eigenvalue weighted by Gasteiger charge is 2.09. The molecule has 18 heavy (non-hydrogen) atoms. The third kappa shape index (κ3) is 3.25. The minimum absolute atomic E-state index is 0.531. The van der Waals surface area contributed by atoms with Crippen molar-refractivity contribution in [2.45, 2.75) is 32.6 Å². The molecule has 1 atom stereocenters. The third-order valence-electron chi connectivity index (χ3n) is 3.03. The zero-order valence-electron chi connectivity index (χ0n) is 10.4. The monoisotopic (exact) mass is 299 g/mol. The van der Waals surface area contributed by atoms with E-state index in [1.807, 2.05) is 18.2 Å². The zero-order chi connectivity index (χ0) is 13.1. The molecule has 0 radical (unpaired) electrons. The zero-order valence-corrected chi connectivity index (χ0v) is 12.7. The standard InChI is InChI=1S/C14H15Cl2NS/c1-3-9(2)13-8-18-14(17-13)7-10-4-5-11(15)12(16)6-10/h4-6,8-9H,3,7H2,1-2H3. The number of aromatic nitrogens is 1. The summed E-state index contributed by atoms with van der Waals surface area (Å²) in [5.41, 5.74) is 2.34. The lowest BCUT2D eigenvalue weighted by atomic mass is 10.1. The maximum absolute atomic E-state index is 6.01. The van der Waals surface area contributed by atoms with Crippen LogP contribution in [0, 0.1) is 0 Å². The van der Waals surface area contributed by atoms with Crippen molar-refractivity contribution >= 4 is 34.5 Å². The van der Waals surface area contributed by atoms with Crippen molar-refractivity contribution in [2.24, 2.45) is 0 Å². The molecule has 2 rings (SSSR count). The van der Waals surface area contributed by atoms with E-state index in [9.17, 15) is 0 Å². The van der Waals surface area contributed by atoms with E-state index in [2.05, 4.69) is 24.2 Å². The second-order valence-electron chi connectivity index (χ2n) is 4.40. The molecule has 0 aliphatic heterocycles. The fraction of sp³-hybridized carbons (Fsp3) is 0.357. The summed E-state index contributed by atoms with van der Waals surface area (Å²) < 4.78 is 0. The molecule has 1 heterocycles. The van der Waals surface area contributed by atoms with Gasteiger partial charge in [0, 0.05) is 11.8 Å². The van der Waals surface area contributed by atoms with E-state index in [-0.39, 0.29) is 0 Å². The lowest BCUT2D eigenvalue weighted by Crippen LogP contribution is -1.93. The largest absolute Gasteiger partial charge is 0.246 e. The van der Waals surface area contributed by atoms with Gasteiger partial charge in [-0.05, 0) is 30.0 Å². The van der Waals surface area contributed by atoms with Gasteiger partial charge in [-0.25, -0.2) is 4.98 Å². The van der Waals surface area contributed by atoms with Crippen LogP contribution in [0.25, 0.3) is 0 Å². The second kappa shape index (κ2) is 6.05. The summed E-state index contributed by atoms with van der Waals surface area (Å²) in [5.74, 6) is 0.531. The Morgan fingerprint density at radius 3 is 2.72 bits per heavy atom. The van der Waals surface area contributed by atoms with Crippen molar-refractivity contribution in [1.29, 1.82) is 0 Å². The van der Waals surface area contributed by atoms with Crippen LogP contribution in [0.5, 0.6) is 0 Å². The molecular weight excluding hydrogens is 285 g/mol. The molecule has 96 valence electrons. The predicted octanol–water partition coefficient (Wildman–Crippen LogP) is 5.55. The van der Waals surface area contributed by atoms with Crippen molar-refractivity contribution in [3.63, 3.8) is 0 Å². The van der Waals surface area contributed by atoms with E-state index >= 15 is 0 Å². The summed E-state index contributed by atoms with van der Waals surface area (Å²) >= 11 is 13.6. The van der Waals surface area contributed by atoms with Crippen LogP contribution in [0.3, 0.4) is 0 Å². The van der Waals surface area contributed by atoms with Crippen molar-refractivity contribution in [3.8, 4) is 0 Å². The first kappa shape index (κ1) is 13.9. The molecule has 0 saturated carbocycles. The van der Waals surface area contributed by atoms with E-state index in [1.54, 1.807) is 11.3 Å². The van der Waals surface area contributed by atoms with Crippen LogP contribution >= 0.6 is 34.5 Å². The average molecular weight is 300 g/mol. The summed E-state index contributed by atoms with van der Waals surface area (Å²) in [6, 6.07) is 5.75. The van der Waals surface area contributed by atoms with Crippen molar-refractivity contribution < 1.29 is 0 Å². The summed E-state index contributed by atoms with van der Waals surface area (Å²) in [6.07, 6.45) is 1.94. The van der Waals surface area contributed by atoms with E-state index in [4.69, 9.17) is 23.2 Å². The van der Waals surface area contributed by atoms with Crippen molar-refractivity contribution in [1.82, 2.24) is 4.98 Å². The van der Waals surface area contributed by atoms with Crippen LogP contribution in [0.2, 0.25) is 10.0 Å². The van der Waals surface area contributed by atoms with Gasteiger partial charge in [0.25, 0.3) is 0 Å². The van der Waals surface area contributed by atoms with Crippen LogP contribution in [0.15, 0.2) is 23.6 Å². The predicted molar refractivity (Wildman–Crippen MR) is 80.1 cm³/mol. The number of nitrogens with zero attached hydrogens (tertiary/aromatic N) is 1. The molecule has 0 spiro atoms. The van der Waals surface area contributed by atoms with Crippen LogP contribution in [-0.4, -0.2) is 4.98 Å². The summed E-state index contributed by atoms with van der Waals surface area (Å²) in [6.45, 7) is 4.39. The quantitative estimate of drug-likeness (QED) is 0.721. The van der Waals surface area contributed by atoms with E-state index < -0.39 is 0 Å². The Morgan fingerprint density at radius 2 is 2.06 bits per heavy atom. The second-order valence-corrected chi connectivity index (χ2v) is 6.16. The Kier molecular flexibility index (Phi) is 4.66. The molecule has 0 N–H and O–H groups in total. The van der Waals surface area contributed by atoms with Gasteiger partial charge in [0.15, 0.2) is 0 Å². The van der Waals surface area contributed by atoms with E-state index in [1.165, 1.54) is 5.69 Å². The number of hydrogen-bond acceptors (Lipinski definition) is 2. The molecule has 4 heteroatoms. The topological polar surface area (TPSA) is 12.9 Å². The smallest absolute Gasteiger partial charge is 0.0972 e. The first-order valence-corrected chi connectivity index (χ1v) is 7.62. The van der Waals surface area contributed by atoms with E-state index in [0.29, 0.717) is 16.0 Å². The maximum atomic E-state index is 6.01. The first-order chi connectivity index (χ1) is 8.60. The molecule has 1 aromatic carbocycles. The molecule has 0 bridgehead atoms. The lowest BCUT2D eigenvalue weighted by molar-refractivity contribution is 0.710. The lowest BCUT2D eigenvalue weighted by Gasteiger charge is -2.03. The Hall–Kier alpha value is -0.570. The van der Waals surface area contributed by atoms with Gasteiger partial charge in [0.05, 0.1) is 20.7 Å². The Morgan fingerprint density at radius 1 is 1.28 bits per heavy atom. The van der Waals surface area contributed by atoms with Gasteiger partial charge in [-0.3, -0.25) is 0 Å². The molecule has 1 unspecified atom stereocenters. The normalized spacial score (nSPS) is 12.7. The molecule has 0 fully saturated rings. The minimum atomic E-state index is 0.531. The first-order valence-electron chi connectivity index (χ1n) is 5.98. The van der Waals surface area contributed by atoms with Crippen LogP contribution in [-0.2, 0) is 6.42 Å². The highest BCUT2D eigenvalue weighted by molar-refractivity contribution is 7.09. The molecule has 2 aromatic rings. The average Bonchev–Trinajstić information content (AvgIpc) is 2.81. The third-order valence-corrected chi connectivity index (χ3v) is 4.63. The maximum Gasteiger partial charge on any atom is 0.0972 e. The van der Waals surface area contributed by atoms with Gasteiger partial charge in [0.1, 0.15) is 0 Å². The number of hydrogen-bond donors (Lipinski definition) is 0. The molecule has 0 amide bonds. The number of halogens is 2. The Balaban J connectivity index is 2.13. The highest BCUT2D eigenvalue weighted by Crippen LogP contribution is 2.26. The Labute approximate surface area is 122 Å². The fourth-order valence-electron chi connectivity index (χ4n) is 1.67. The van der Waals surface area contributed by atoms with Gasteiger partial charge >= 0.3 is 0 Å². The van der Waals surface area contributed by atoms with Gasteiger partial charge in [-0.1, -0.05) is 43.1 Å². The molecule has 0 saturated heterocycles. The van der Waals surface area contributed by atoms with Gasteiger partial charge in [0.2, 0.25) is 0 Å². The molecule has 0 aliphatic carbocycles. The summed E-state index contributed by atoms with van der Waals surface area (Å²) in [4.78, 5) is 4.67. The van der Waals surface area contributed by atoms with Crippen LogP contribution < -0.4 is 0 Å². The molecule has 0 aliphatic rings. The number of thiazole rings is 1. The van der Waals surface area contributed by atoms with Crippen LogP contribution in [0.4, 0.5) is 0 Å². The van der Waals surface area contributed by atoms with Gasteiger partial charge < -0.3 is 0 Å². The summed E-state index contributed by atoms with van der Waals surface area (Å²) in [5, 5.41) is 4.48. The molecule has 1 nitrogen and oxygen atoms in total.